The Labute approximate surface area is 123 Å². The van der Waals surface area contributed by atoms with Gasteiger partial charge in [0.25, 0.3) is 0 Å². The molecule has 3 atom stereocenters. The molecule has 0 aromatic heterocycles. The molecule has 0 amide bonds. The fourth-order valence-electron chi connectivity index (χ4n) is 2.39. The summed E-state index contributed by atoms with van der Waals surface area (Å²) in [6.45, 7) is 9.85. The van der Waals surface area contributed by atoms with Crippen LogP contribution in [0.1, 0.15) is 39.3 Å². The highest BCUT2D eigenvalue weighted by Gasteiger charge is 2.27. The molecular formula is C17H29NO2. The molecule has 114 valence electrons. The van der Waals surface area contributed by atoms with Gasteiger partial charge >= 0.3 is 0 Å². The van der Waals surface area contributed by atoms with Crippen LogP contribution in [0, 0.1) is 5.92 Å². The molecule has 0 aliphatic heterocycles. The van der Waals surface area contributed by atoms with E-state index in [1.807, 2.05) is 20.0 Å². The van der Waals surface area contributed by atoms with Gasteiger partial charge in [-0.05, 0) is 32.4 Å². The standard InChI is InChI=1S/C17H29NO2/c1-6-19-12-14(4)20-17(13(2)3)16(18-5)15-10-8-7-9-11-15/h7-11,13-14,16-18H,6,12H2,1-5H3. The highest BCUT2D eigenvalue weighted by molar-refractivity contribution is 5.20. The average molecular weight is 279 g/mol. The van der Waals surface area contributed by atoms with Crippen LogP contribution in [0.15, 0.2) is 30.3 Å². The molecule has 20 heavy (non-hydrogen) atoms. The van der Waals surface area contributed by atoms with Gasteiger partial charge in [-0.25, -0.2) is 0 Å². The van der Waals surface area contributed by atoms with Crippen molar-refractivity contribution >= 4 is 0 Å². The van der Waals surface area contributed by atoms with Crippen molar-refractivity contribution in [1.29, 1.82) is 0 Å². The van der Waals surface area contributed by atoms with Crippen molar-refractivity contribution < 1.29 is 9.47 Å². The zero-order valence-corrected chi connectivity index (χ0v) is 13.4. The third-order valence-electron chi connectivity index (χ3n) is 3.40. The Morgan fingerprint density at radius 2 is 1.75 bits per heavy atom. The van der Waals surface area contributed by atoms with Gasteiger partial charge in [-0.1, -0.05) is 44.2 Å². The first-order valence-corrected chi connectivity index (χ1v) is 7.55. The zero-order valence-electron chi connectivity index (χ0n) is 13.4. The summed E-state index contributed by atoms with van der Waals surface area (Å²) in [6.07, 6.45) is 0.222. The quantitative estimate of drug-likeness (QED) is 0.751. The lowest BCUT2D eigenvalue weighted by Crippen LogP contribution is -2.38. The van der Waals surface area contributed by atoms with Crippen molar-refractivity contribution in [2.24, 2.45) is 5.92 Å². The van der Waals surface area contributed by atoms with Crippen LogP contribution in [0.4, 0.5) is 0 Å². The van der Waals surface area contributed by atoms with Gasteiger partial charge in [-0.3, -0.25) is 0 Å². The maximum Gasteiger partial charge on any atom is 0.0797 e. The summed E-state index contributed by atoms with van der Waals surface area (Å²) in [5, 5.41) is 3.40. The number of likely N-dealkylation sites (N-methyl/N-ethyl adjacent to an activating group) is 1. The molecule has 3 nitrogen and oxygen atoms in total. The highest BCUT2D eigenvalue weighted by atomic mass is 16.5. The molecule has 0 spiro atoms. The fourth-order valence-corrected chi connectivity index (χ4v) is 2.39. The van der Waals surface area contributed by atoms with E-state index in [9.17, 15) is 0 Å². The SMILES string of the molecule is CCOCC(C)OC(C(C)C)C(NC)c1ccccc1. The maximum atomic E-state index is 6.23. The Kier molecular flexibility index (Phi) is 7.82. The molecule has 0 fully saturated rings. The lowest BCUT2D eigenvalue weighted by atomic mass is 9.93. The lowest BCUT2D eigenvalue weighted by molar-refractivity contribution is -0.0772. The molecule has 0 bridgehead atoms. The van der Waals surface area contributed by atoms with E-state index in [4.69, 9.17) is 9.47 Å². The second kappa shape index (κ2) is 9.11. The third kappa shape index (κ3) is 5.23. The molecular weight excluding hydrogens is 250 g/mol. The third-order valence-corrected chi connectivity index (χ3v) is 3.40. The summed E-state index contributed by atoms with van der Waals surface area (Å²) < 4.78 is 11.7. The Balaban J connectivity index is 2.77. The van der Waals surface area contributed by atoms with Gasteiger partial charge in [0.05, 0.1) is 24.9 Å². The van der Waals surface area contributed by atoms with Crippen LogP contribution in [0.2, 0.25) is 0 Å². The molecule has 0 heterocycles. The zero-order chi connectivity index (χ0) is 15.0. The normalized spacial score (nSPS) is 16.1. The van der Waals surface area contributed by atoms with Gasteiger partial charge < -0.3 is 14.8 Å². The first-order chi connectivity index (χ1) is 9.60. The highest BCUT2D eigenvalue weighted by Crippen LogP contribution is 2.25. The van der Waals surface area contributed by atoms with Crippen molar-refractivity contribution in [3.05, 3.63) is 35.9 Å². The van der Waals surface area contributed by atoms with Crippen molar-refractivity contribution in [2.75, 3.05) is 20.3 Å². The smallest absolute Gasteiger partial charge is 0.0797 e. The van der Waals surface area contributed by atoms with E-state index in [0.29, 0.717) is 12.5 Å². The van der Waals surface area contributed by atoms with Crippen LogP contribution in [-0.2, 0) is 9.47 Å². The molecule has 1 aromatic carbocycles. The molecule has 1 rings (SSSR count). The Morgan fingerprint density at radius 1 is 1.10 bits per heavy atom. The summed E-state index contributed by atoms with van der Waals surface area (Å²) in [5.74, 6) is 0.428. The minimum absolute atomic E-state index is 0.0990. The molecule has 1 N–H and O–H groups in total. The van der Waals surface area contributed by atoms with Crippen molar-refractivity contribution in [3.63, 3.8) is 0 Å². The number of nitrogens with one attached hydrogen (secondary N) is 1. The second-order valence-electron chi connectivity index (χ2n) is 5.49. The van der Waals surface area contributed by atoms with Crippen molar-refractivity contribution in [2.45, 2.75) is 45.9 Å². The lowest BCUT2D eigenvalue weighted by Gasteiger charge is -2.32. The van der Waals surface area contributed by atoms with Gasteiger partial charge in [-0.15, -0.1) is 0 Å². The number of hydrogen-bond donors (Lipinski definition) is 1. The van der Waals surface area contributed by atoms with E-state index in [2.05, 4.69) is 50.4 Å². The number of ether oxygens (including phenoxy) is 2. The number of rotatable bonds is 9. The van der Waals surface area contributed by atoms with E-state index in [0.717, 1.165) is 6.61 Å². The van der Waals surface area contributed by atoms with Crippen molar-refractivity contribution in [3.8, 4) is 0 Å². The fraction of sp³-hybridized carbons (Fsp3) is 0.647. The van der Waals surface area contributed by atoms with E-state index >= 15 is 0 Å². The predicted molar refractivity (Wildman–Crippen MR) is 83.9 cm³/mol. The Bertz CT molecular complexity index is 353. The van der Waals surface area contributed by atoms with Gasteiger partial charge in [0.1, 0.15) is 0 Å². The van der Waals surface area contributed by atoms with Crippen molar-refractivity contribution in [1.82, 2.24) is 5.32 Å². The van der Waals surface area contributed by atoms with E-state index in [-0.39, 0.29) is 18.2 Å². The predicted octanol–water partition coefficient (Wildman–Crippen LogP) is 3.41. The summed E-state index contributed by atoms with van der Waals surface area (Å²) in [6, 6.07) is 10.7. The Hall–Kier alpha value is -0.900. The summed E-state index contributed by atoms with van der Waals surface area (Å²) in [5.41, 5.74) is 1.26. The molecule has 0 radical (unpaired) electrons. The summed E-state index contributed by atoms with van der Waals surface area (Å²) in [7, 11) is 1.99. The van der Waals surface area contributed by atoms with E-state index in [1.54, 1.807) is 0 Å². The Morgan fingerprint density at radius 3 is 2.25 bits per heavy atom. The molecule has 3 unspecified atom stereocenters. The second-order valence-corrected chi connectivity index (χ2v) is 5.49. The van der Waals surface area contributed by atoms with Crippen LogP contribution in [-0.4, -0.2) is 32.5 Å². The minimum Gasteiger partial charge on any atom is -0.379 e. The number of benzene rings is 1. The molecule has 0 saturated heterocycles. The first kappa shape index (κ1) is 17.2. The summed E-state index contributed by atoms with van der Waals surface area (Å²) in [4.78, 5) is 0. The molecule has 3 heteroatoms. The van der Waals surface area contributed by atoms with Crippen LogP contribution in [0.5, 0.6) is 0 Å². The topological polar surface area (TPSA) is 30.5 Å². The van der Waals surface area contributed by atoms with Gasteiger partial charge in [0, 0.05) is 6.61 Å². The van der Waals surface area contributed by atoms with Crippen LogP contribution >= 0.6 is 0 Å². The van der Waals surface area contributed by atoms with Crippen LogP contribution in [0.3, 0.4) is 0 Å². The minimum atomic E-state index is 0.0990. The van der Waals surface area contributed by atoms with Gasteiger partial charge in [0.2, 0.25) is 0 Å². The molecule has 0 aliphatic carbocycles. The van der Waals surface area contributed by atoms with E-state index in [1.165, 1.54) is 5.56 Å². The van der Waals surface area contributed by atoms with Gasteiger partial charge in [0.15, 0.2) is 0 Å². The van der Waals surface area contributed by atoms with Gasteiger partial charge in [-0.2, -0.15) is 0 Å². The van der Waals surface area contributed by atoms with Crippen LogP contribution in [0.25, 0.3) is 0 Å². The van der Waals surface area contributed by atoms with Crippen LogP contribution < -0.4 is 5.32 Å². The molecule has 1 aromatic rings. The average Bonchev–Trinajstić information content (AvgIpc) is 2.45. The monoisotopic (exact) mass is 279 g/mol. The summed E-state index contributed by atoms with van der Waals surface area (Å²) >= 11 is 0. The molecule has 0 aliphatic rings. The maximum absolute atomic E-state index is 6.23. The first-order valence-electron chi connectivity index (χ1n) is 7.55. The molecule has 0 saturated carbocycles. The largest absolute Gasteiger partial charge is 0.379 e. The number of hydrogen-bond acceptors (Lipinski definition) is 3. The van der Waals surface area contributed by atoms with E-state index < -0.39 is 0 Å².